The lowest BCUT2D eigenvalue weighted by atomic mass is 10.2. The molecule has 9 heteroatoms. The van der Waals surface area contributed by atoms with E-state index in [-0.39, 0.29) is 36.8 Å². The van der Waals surface area contributed by atoms with E-state index in [1.807, 2.05) is 29.8 Å². The van der Waals surface area contributed by atoms with Gasteiger partial charge < -0.3 is 15.4 Å². The van der Waals surface area contributed by atoms with Crippen molar-refractivity contribution in [1.82, 2.24) is 25.2 Å². The van der Waals surface area contributed by atoms with Gasteiger partial charge in [0.2, 0.25) is 5.91 Å². The number of nitrogens with zero attached hydrogens (tertiary/aromatic N) is 3. The van der Waals surface area contributed by atoms with Gasteiger partial charge in [-0.3, -0.25) is 9.36 Å². The van der Waals surface area contributed by atoms with Gasteiger partial charge in [-0.25, -0.2) is 9.97 Å². The first-order valence-corrected chi connectivity index (χ1v) is 7.75. The molecule has 1 saturated heterocycles. The van der Waals surface area contributed by atoms with Crippen LogP contribution >= 0.6 is 24.8 Å². The molecule has 0 saturated carbocycles. The number of carbonyl (C=O) groups is 1. The fourth-order valence-corrected chi connectivity index (χ4v) is 2.53. The summed E-state index contributed by atoms with van der Waals surface area (Å²) in [5, 5.41) is 6.19. The van der Waals surface area contributed by atoms with Crippen LogP contribution in [0.3, 0.4) is 0 Å². The summed E-state index contributed by atoms with van der Waals surface area (Å²) in [6.45, 7) is 4.51. The predicted octanol–water partition coefficient (Wildman–Crippen LogP) is 1.41. The van der Waals surface area contributed by atoms with Crippen LogP contribution in [0.5, 0.6) is 0 Å². The zero-order chi connectivity index (χ0) is 16.1. The second kappa shape index (κ2) is 10.4. The lowest BCUT2D eigenvalue weighted by Crippen LogP contribution is -2.44. The van der Waals surface area contributed by atoms with Crippen LogP contribution in [0, 0.1) is 6.92 Å². The Hall–Kier alpha value is -1.67. The maximum atomic E-state index is 11.9. The normalized spacial score (nSPS) is 16.4. The Labute approximate surface area is 159 Å². The first kappa shape index (κ1) is 21.4. The van der Waals surface area contributed by atoms with Gasteiger partial charge in [0, 0.05) is 44.1 Å². The summed E-state index contributed by atoms with van der Waals surface area (Å²) < 4.78 is 7.26. The molecular weight excluding hydrogens is 365 g/mol. The van der Waals surface area contributed by atoms with Gasteiger partial charge in [0.05, 0.1) is 13.2 Å². The zero-order valence-electron chi connectivity index (χ0n) is 14.0. The standard InChI is InChI=1S/C16H21N5O2.2ClH/c1-12-17-4-6-21(12)15-3-2-13(9-19-15)10-20-16(22)8-14-11-23-7-5-18-14;;/h2-4,6,9,14,18H,5,7-8,10-11H2,1H3,(H,20,22);2*1H. The fraction of sp³-hybridized carbons (Fsp3) is 0.438. The number of aryl methyl sites for hydroxylation is 1. The molecule has 1 aliphatic rings. The lowest BCUT2D eigenvalue weighted by Gasteiger charge is -2.23. The molecule has 1 aliphatic heterocycles. The Bertz CT molecular complexity index is 657. The average Bonchev–Trinajstić information content (AvgIpc) is 3.00. The summed E-state index contributed by atoms with van der Waals surface area (Å²) in [7, 11) is 0. The van der Waals surface area contributed by atoms with Gasteiger partial charge in [-0.1, -0.05) is 6.07 Å². The highest BCUT2D eigenvalue weighted by molar-refractivity contribution is 5.85. The summed E-state index contributed by atoms with van der Waals surface area (Å²) in [6.07, 6.45) is 5.82. The van der Waals surface area contributed by atoms with Crippen LogP contribution in [0.2, 0.25) is 0 Å². The van der Waals surface area contributed by atoms with E-state index in [0.717, 1.165) is 23.8 Å². The van der Waals surface area contributed by atoms with E-state index in [2.05, 4.69) is 20.6 Å². The van der Waals surface area contributed by atoms with E-state index in [1.165, 1.54) is 0 Å². The molecule has 2 aromatic heterocycles. The third-order valence-corrected chi connectivity index (χ3v) is 3.80. The minimum atomic E-state index is 0. The number of nitrogens with one attached hydrogen (secondary N) is 2. The molecule has 1 atom stereocenters. The highest BCUT2D eigenvalue weighted by Gasteiger charge is 2.16. The van der Waals surface area contributed by atoms with Crippen LogP contribution in [-0.2, 0) is 16.1 Å². The van der Waals surface area contributed by atoms with Gasteiger partial charge in [-0.05, 0) is 18.6 Å². The van der Waals surface area contributed by atoms with Crippen molar-refractivity contribution in [1.29, 1.82) is 0 Å². The van der Waals surface area contributed by atoms with Crippen molar-refractivity contribution in [2.45, 2.75) is 25.9 Å². The number of carbonyl (C=O) groups excluding carboxylic acids is 1. The highest BCUT2D eigenvalue weighted by atomic mass is 35.5. The molecule has 1 fully saturated rings. The molecule has 3 heterocycles. The smallest absolute Gasteiger partial charge is 0.221 e. The zero-order valence-corrected chi connectivity index (χ0v) is 15.6. The van der Waals surface area contributed by atoms with E-state index < -0.39 is 0 Å². The van der Waals surface area contributed by atoms with Crippen LogP contribution < -0.4 is 10.6 Å². The van der Waals surface area contributed by atoms with Gasteiger partial charge in [-0.15, -0.1) is 24.8 Å². The maximum Gasteiger partial charge on any atom is 0.221 e. The fourth-order valence-electron chi connectivity index (χ4n) is 2.53. The molecule has 0 aromatic carbocycles. The molecule has 0 bridgehead atoms. The van der Waals surface area contributed by atoms with Gasteiger partial charge in [0.25, 0.3) is 0 Å². The number of hydrogen-bond donors (Lipinski definition) is 2. The van der Waals surface area contributed by atoms with Crippen LogP contribution in [-0.4, -0.2) is 46.2 Å². The highest BCUT2D eigenvalue weighted by Crippen LogP contribution is 2.08. The van der Waals surface area contributed by atoms with Crippen molar-refractivity contribution < 1.29 is 9.53 Å². The molecule has 138 valence electrons. The SMILES string of the molecule is Cc1nccn1-c1ccc(CNC(=O)CC2COCCN2)cn1.Cl.Cl. The van der Waals surface area contributed by atoms with E-state index in [1.54, 1.807) is 12.4 Å². The molecule has 3 rings (SSSR count). The van der Waals surface area contributed by atoms with Crippen molar-refractivity contribution >= 4 is 30.7 Å². The Morgan fingerprint density at radius 1 is 1.40 bits per heavy atom. The molecule has 2 N–H and O–H groups in total. The van der Waals surface area contributed by atoms with Crippen molar-refractivity contribution in [3.8, 4) is 5.82 Å². The summed E-state index contributed by atoms with van der Waals surface area (Å²) in [6, 6.07) is 3.99. The van der Waals surface area contributed by atoms with Gasteiger partial charge >= 0.3 is 0 Å². The molecule has 2 aromatic rings. The van der Waals surface area contributed by atoms with E-state index >= 15 is 0 Å². The Balaban J connectivity index is 0.00000156. The number of imidazole rings is 1. The van der Waals surface area contributed by atoms with Gasteiger partial charge in [0.15, 0.2) is 0 Å². The number of pyridine rings is 1. The second-order valence-corrected chi connectivity index (χ2v) is 5.58. The molecule has 7 nitrogen and oxygen atoms in total. The van der Waals surface area contributed by atoms with Crippen molar-refractivity contribution in [3.63, 3.8) is 0 Å². The molecule has 0 aliphatic carbocycles. The number of hydrogen-bond acceptors (Lipinski definition) is 5. The maximum absolute atomic E-state index is 11.9. The molecule has 0 spiro atoms. The van der Waals surface area contributed by atoms with Crippen LogP contribution in [0.25, 0.3) is 5.82 Å². The first-order valence-electron chi connectivity index (χ1n) is 7.75. The minimum absolute atomic E-state index is 0. The van der Waals surface area contributed by atoms with Crippen molar-refractivity contribution in [3.05, 3.63) is 42.1 Å². The van der Waals surface area contributed by atoms with Gasteiger partial charge in [-0.2, -0.15) is 0 Å². The summed E-state index contributed by atoms with van der Waals surface area (Å²) in [5.74, 6) is 1.72. The lowest BCUT2D eigenvalue weighted by molar-refractivity contribution is -0.122. The Morgan fingerprint density at radius 2 is 2.24 bits per heavy atom. The molecule has 1 unspecified atom stereocenters. The van der Waals surface area contributed by atoms with Crippen molar-refractivity contribution in [2.75, 3.05) is 19.8 Å². The molecule has 1 amide bonds. The number of rotatable bonds is 5. The number of halogens is 2. The molecule has 0 radical (unpaired) electrons. The first-order chi connectivity index (χ1) is 11.2. The summed E-state index contributed by atoms with van der Waals surface area (Å²) in [4.78, 5) is 20.5. The minimum Gasteiger partial charge on any atom is -0.378 e. The van der Waals surface area contributed by atoms with Crippen molar-refractivity contribution in [2.24, 2.45) is 0 Å². The third kappa shape index (κ3) is 5.97. The Kier molecular flexibility index (Phi) is 8.85. The topological polar surface area (TPSA) is 81.1 Å². The second-order valence-electron chi connectivity index (χ2n) is 5.58. The largest absolute Gasteiger partial charge is 0.378 e. The van der Waals surface area contributed by atoms with E-state index in [4.69, 9.17) is 4.74 Å². The third-order valence-electron chi connectivity index (χ3n) is 3.80. The van der Waals surface area contributed by atoms with Crippen LogP contribution in [0.4, 0.5) is 0 Å². The molecular formula is C16H23Cl2N5O2. The quantitative estimate of drug-likeness (QED) is 0.810. The van der Waals surface area contributed by atoms with Crippen LogP contribution in [0.1, 0.15) is 17.8 Å². The average molecular weight is 388 g/mol. The van der Waals surface area contributed by atoms with Gasteiger partial charge in [0.1, 0.15) is 11.6 Å². The molecule has 25 heavy (non-hydrogen) atoms. The predicted molar refractivity (Wildman–Crippen MR) is 99.7 cm³/mol. The number of aromatic nitrogens is 3. The van der Waals surface area contributed by atoms with E-state index in [9.17, 15) is 4.79 Å². The number of amides is 1. The Morgan fingerprint density at radius 3 is 2.84 bits per heavy atom. The monoisotopic (exact) mass is 387 g/mol. The van der Waals surface area contributed by atoms with Crippen LogP contribution in [0.15, 0.2) is 30.7 Å². The summed E-state index contributed by atoms with van der Waals surface area (Å²) in [5.41, 5.74) is 0.965. The summed E-state index contributed by atoms with van der Waals surface area (Å²) >= 11 is 0. The number of morpholine rings is 1. The number of ether oxygens (including phenoxy) is 1. The van der Waals surface area contributed by atoms with E-state index in [0.29, 0.717) is 26.2 Å².